The highest BCUT2D eigenvalue weighted by Crippen LogP contribution is 2.29. The van der Waals surface area contributed by atoms with Gasteiger partial charge in [0, 0.05) is 45.2 Å². The SMILES string of the molecule is CC(C)C(Sc1nnnn1CC1CCCO1)C(=O)N1CCN(c2ncccn2)CC1. The molecule has 0 spiro atoms. The molecule has 2 atom stereocenters. The monoisotopic (exact) mass is 432 g/mol. The van der Waals surface area contributed by atoms with Gasteiger partial charge in [0.05, 0.1) is 17.9 Å². The second kappa shape index (κ2) is 9.69. The number of tetrazole rings is 1. The third kappa shape index (κ3) is 4.89. The summed E-state index contributed by atoms with van der Waals surface area (Å²) in [7, 11) is 0. The number of carbonyl (C=O) groups excluding carboxylic acids is 1. The Morgan fingerprint density at radius 1 is 1.23 bits per heavy atom. The Hall–Kier alpha value is -2.27. The topological polar surface area (TPSA) is 102 Å². The highest BCUT2D eigenvalue weighted by molar-refractivity contribution is 8.00. The van der Waals surface area contributed by atoms with Crippen molar-refractivity contribution in [1.82, 2.24) is 35.1 Å². The molecule has 0 aromatic carbocycles. The van der Waals surface area contributed by atoms with Gasteiger partial charge in [0.15, 0.2) is 0 Å². The van der Waals surface area contributed by atoms with Crippen molar-refractivity contribution in [3.05, 3.63) is 18.5 Å². The number of anilines is 1. The van der Waals surface area contributed by atoms with E-state index in [4.69, 9.17) is 4.74 Å². The van der Waals surface area contributed by atoms with Crippen molar-refractivity contribution in [3.63, 3.8) is 0 Å². The molecule has 2 unspecified atom stereocenters. The third-order valence-corrected chi connectivity index (χ3v) is 6.91. The van der Waals surface area contributed by atoms with E-state index in [2.05, 4.69) is 44.2 Å². The Morgan fingerprint density at radius 2 is 2.00 bits per heavy atom. The van der Waals surface area contributed by atoms with Gasteiger partial charge >= 0.3 is 0 Å². The number of hydrogen-bond acceptors (Lipinski definition) is 9. The molecule has 30 heavy (non-hydrogen) atoms. The minimum absolute atomic E-state index is 0.135. The number of thioether (sulfide) groups is 1. The van der Waals surface area contributed by atoms with Crippen molar-refractivity contribution in [2.24, 2.45) is 5.92 Å². The standard InChI is InChI=1S/C19H28N8O2S/c1-14(2)16(30-19-22-23-24-27(19)13-15-5-3-12-29-15)17(28)25-8-10-26(11-9-25)18-20-6-4-7-21-18/h4,6-7,14-16H,3,5,8-13H2,1-2H3. The zero-order valence-electron chi connectivity index (χ0n) is 17.4. The number of aromatic nitrogens is 6. The van der Waals surface area contributed by atoms with Crippen LogP contribution in [-0.4, -0.2) is 85.1 Å². The fourth-order valence-corrected chi connectivity index (χ4v) is 4.79. The number of amides is 1. The number of piperazine rings is 1. The summed E-state index contributed by atoms with van der Waals surface area (Å²) in [5, 5.41) is 12.6. The second-order valence-electron chi connectivity index (χ2n) is 7.92. The quantitative estimate of drug-likeness (QED) is 0.595. The first-order valence-electron chi connectivity index (χ1n) is 10.5. The Labute approximate surface area is 180 Å². The Morgan fingerprint density at radius 3 is 2.67 bits per heavy atom. The summed E-state index contributed by atoms with van der Waals surface area (Å²) in [6, 6.07) is 1.81. The first-order chi connectivity index (χ1) is 14.6. The number of carbonyl (C=O) groups is 1. The molecule has 4 rings (SSSR count). The molecule has 0 radical (unpaired) electrons. The molecule has 2 aliphatic rings. The molecule has 1 amide bonds. The van der Waals surface area contributed by atoms with Crippen LogP contribution in [0.2, 0.25) is 0 Å². The first kappa shape index (κ1) is 21.0. The molecular weight excluding hydrogens is 404 g/mol. The molecular formula is C19H28N8O2S. The Kier molecular flexibility index (Phi) is 6.78. The zero-order valence-corrected chi connectivity index (χ0v) is 18.2. The van der Waals surface area contributed by atoms with E-state index >= 15 is 0 Å². The second-order valence-corrected chi connectivity index (χ2v) is 9.03. The number of rotatable bonds is 7. The lowest BCUT2D eigenvalue weighted by Crippen LogP contribution is -2.52. The van der Waals surface area contributed by atoms with E-state index < -0.39 is 0 Å². The summed E-state index contributed by atoms with van der Waals surface area (Å²) in [5.41, 5.74) is 0. The van der Waals surface area contributed by atoms with Crippen LogP contribution in [0.15, 0.2) is 23.6 Å². The van der Waals surface area contributed by atoms with Gasteiger partial charge in [0.2, 0.25) is 17.0 Å². The van der Waals surface area contributed by atoms with Crippen LogP contribution in [0.4, 0.5) is 5.95 Å². The van der Waals surface area contributed by atoms with E-state index in [1.807, 2.05) is 4.90 Å². The summed E-state index contributed by atoms with van der Waals surface area (Å²) in [6.07, 6.45) is 5.72. The molecule has 2 aromatic heterocycles. The summed E-state index contributed by atoms with van der Waals surface area (Å²) < 4.78 is 7.48. The van der Waals surface area contributed by atoms with E-state index in [-0.39, 0.29) is 23.2 Å². The van der Waals surface area contributed by atoms with Crippen LogP contribution in [0, 0.1) is 5.92 Å². The number of nitrogens with zero attached hydrogens (tertiary/aromatic N) is 8. The van der Waals surface area contributed by atoms with Crippen molar-refractivity contribution in [2.75, 3.05) is 37.7 Å². The molecule has 4 heterocycles. The average molecular weight is 433 g/mol. The molecule has 0 bridgehead atoms. The lowest BCUT2D eigenvalue weighted by Gasteiger charge is -2.36. The number of ether oxygens (including phenoxy) is 1. The van der Waals surface area contributed by atoms with Crippen LogP contribution in [-0.2, 0) is 16.1 Å². The van der Waals surface area contributed by atoms with Crippen LogP contribution in [0.1, 0.15) is 26.7 Å². The van der Waals surface area contributed by atoms with E-state index in [1.54, 1.807) is 23.1 Å². The molecule has 0 aliphatic carbocycles. The van der Waals surface area contributed by atoms with Crippen molar-refractivity contribution < 1.29 is 9.53 Å². The largest absolute Gasteiger partial charge is 0.376 e. The van der Waals surface area contributed by atoms with Crippen molar-refractivity contribution in [3.8, 4) is 0 Å². The smallest absolute Gasteiger partial charge is 0.236 e. The lowest BCUT2D eigenvalue weighted by molar-refractivity contribution is -0.131. The fourth-order valence-electron chi connectivity index (χ4n) is 3.72. The van der Waals surface area contributed by atoms with Crippen LogP contribution >= 0.6 is 11.8 Å². The Bertz CT molecular complexity index is 819. The molecule has 2 aromatic rings. The molecule has 2 saturated heterocycles. The molecule has 162 valence electrons. The van der Waals surface area contributed by atoms with Crippen LogP contribution < -0.4 is 4.90 Å². The molecule has 0 N–H and O–H groups in total. The molecule has 11 heteroatoms. The first-order valence-corrected chi connectivity index (χ1v) is 11.3. The van der Waals surface area contributed by atoms with Crippen LogP contribution in [0.5, 0.6) is 0 Å². The van der Waals surface area contributed by atoms with Gasteiger partial charge in [-0.3, -0.25) is 4.79 Å². The number of hydrogen-bond donors (Lipinski definition) is 0. The maximum atomic E-state index is 13.3. The minimum atomic E-state index is -0.237. The van der Waals surface area contributed by atoms with E-state index in [1.165, 1.54) is 11.8 Å². The van der Waals surface area contributed by atoms with E-state index in [0.717, 1.165) is 32.5 Å². The van der Waals surface area contributed by atoms with E-state index in [0.29, 0.717) is 30.7 Å². The van der Waals surface area contributed by atoms with Gasteiger partial charge in [0.1, 0.15) is 0 Å². The minimum Gasteiger partial charge on any atom is -0.376 e. The van der Waals surface area contributed by atoms with Crippen molar-refractivity contribution >= 4 is 23.6 Å². The maximum Gasteiger partial charge on any atom is 0.236 e. The molecule has 2 fully saturated rings. The molecule has 2 aliphatic heterocycles. The highest BCUT2D eigenvalue weighted by Gasteiger charge is 2.32. The van der Waals surface area contributed by atoms with Gasteiger partial charge in [-0.2, -0.15) is 0 Å². The predicted molar refractivity (Wildman–Crippen MR) is 112 cm³/mol. The summed E-state index contributed by atoms with van der Waals surface area (Å²) in [6.45, 7) is 8.32. The fraction of sp³-hybridized carbons (Fsp3) is 0.684. The van der Waals surface area contributed by atoms with Gasteiger partial charge in [-0.1, -0.05) is 25.6 Å². The summed E-state index contributed by atoms with van der Waals surface area (Å²) >= 11 is 1.45. The molecule has 10 nitrogen and oxygen atoms in total. The van der Waals surface area contributed by atoms with Crippen LogP contribution in [0.25, 0.3) is 0 Å². The molecule has 0 saturated carbocycles. The third-order valence-electron chi connectivity index (χ3n) is 5.41. The van der Waals surface area contributed by atoms with Gasteiger partial charge in [-0.05, 0) is 35.3 Å². The van der Waals surface area contributed by atoms with Crippen molar-refractivity contribution in [2.45, 2.75) is 49.7 Å². The summed E-state index contributed by atoms with van der Waals surface area (Å²) in [5.74, 6) is 1.01. The zero-order chi connectivity index (χ0) is 20.9. The van der Waals surface area contributed by atoms with Gasteiger partial charge in [0.25, 0.3) is 0 Å². The van der Waals surface area contributed by atoms with Gasteiger partial charge < -0.3 is 14.5 Å². The average Bonchev–Trinajstić information content (AvgIpc) is 3.44. The Balaban J connectivity index is 1.38. The highest BCUT2D eigenvalue weighted by atomic mass is 32.2. The van der Waals surface area contributed by atoms with Gasteiger partial charge in [-0.15, -0.1) is 5.10 Å². The normalized spacial score (nSPS) is 20.7. The van der Waals surface area contributed by atoms with E-state index in [9.17, 15) is 4.79 Å². The van der Waals surface area contributed by atoms with Crippen LogP contribution in [0.3, 0.4) is 0 Å². The predicted octanol–water partition coefficient (Wildman–Crippen LogP) is 1.11. The summed E-state index contributed by atoms with van der Waals surface area (Å²) in [4.78, 5) is 26.0. The van der Waals surface area contributed by atoms with Gasteiger partial charge in [-0.25, -0.2) is 14.6 Å². The maximum absolute atomic E-state index is 13.3. The lowest BCUT2D eigenvalue weighted by atomic mass is 10.1. The van der Waals surface area contributed by atoms with Crippen molar-refractivity contribution in [1.29, 1.82) is 0 Å².